The number of carbonyl (C=O) groups is 2. The maximum atomic E-state index is 14.5. The third kappa shape index (κ3) is 6.92. The number of amides is 2. The fourth-order valence-corrected chi connectivity index (χ4v) is 6.36. The average Bonchev–Trinajstić information content (AvgIpc) is 3.85. The second-order valence-corrected chi connectivity index (χ2v) is 12.3. The summed E-state index contributed by atoms with van der Waals surface area (Å²) >= 11 is 6.08. The molecule has 3 aromatic carbocycles. The quantitative estimate of drug-likeness (QED) is 0.292. The predicted molar refractivity (Wildman–Crippen MR) is 168 cm³/mol. The van der Waals surface area contributed by atoms with E-state index in [0.717, 1.165) is 35.1 Å². The van der Waals surface area contributed by atoms with E-state index in [1.165, 1.54) is 23.8 Å². The van der Waals surface area contributed by atoms with Crippen molar-refractivity contribution < 1.29 is 23.5 Å². The van der Waals surface area contributed by atoms with E-state index in [1.807, 2.05) is 40.1 Å². The number of carbonyl (C=O) groups excluding carboxylic acids is 2. The number of ether oxygens (including phenoxy) is 2. The smallest absolute Gasteiger partial charge is 0.252 e. The minimum Gasteiger partial charge on any atom is -0.490 e. The summed E-state index contributed by atoms with van der Waals surface area (Å²) in [5.41, 5.74) is 5.04. The Kier molecular flexibility index (Phi) is 8.91. The number of piperazine rings is 1. The van der Waals surface area contributed by atoms with E-state index in [9.17, 15) is 14.0 Å². The molecule has 2 fully saturated rings. The lowest BCUT2D eigenvalue weighted by atomic mass is 9.82. The summed E-state index contributed by atoms with van der Waals surface area (Å²) in [6.45, 7) is 5.76. The molecule has 2 amide bonds. The molecule has 6 rings (SSSR count). The molecule has 44 heavy (non-hydrogen) atoms. The normalized spacial score (nSPS) is 19.5. The first-order chi connectivity index (χ1) is 21.2. The molecule has 9 heteroatoms. The van der Waals surface area contributed by atoms with Crippen LogP contribution in [0.3, 0.4) is 0 Å². The zero-order chi connectivity index (χ0) is 30.8. The maximum Gasteiger partial charge on any atom is 0.252 e. The monoisotopic (exact) mass is 617 g/mol. The SMILES string of the molecule is CC(=O)N1C[C@H]2CC(c3ccc(OCCOc4cc(F)ccc4Cl)cc3)=C(C(=O)N(Cc3cccc(C)c3)C3CC3)[C@@H](C1)N2. The summed E-state index contributed by atoms with van der Waals surface area (Å²) in [6.07, 6.45) is 2.65. The molecule has 2 aliphatic heterocycles. The van der Waals surface area contributed by atoms with Crippen LogP contribution in [0.15, 0.2) is 72.3 Å². The van der Waals surface area contributed by atoms with Crippen molar-refractivity contribution in [2.45, 2.75) is 57.8 Å². The molecule has 0 spiro atoms. The summed E-state index contributed by atoms with van der Waals surface area (Å²) in [7, 11) is 0. The van der Waals surface area contributed by atoms with E-state index in [1.54, 1.807) is 6.92 Å². The number of nitrogens with zero attached hydrogens (tertiary/aromatic N) is 2. The van der Waals surface area contributed by atoms with Crippen LogP contribution in [-0.2, 0) is 16.1 Å². The molecule has 1 aliphatic carbocycles. The number of halogens is 2. The van der Waals surface area contributed by atoms with Crippen LogP contribution in [0.4, 0.5) is 4.39 Å². The highest BCUT2D eigenvalue weighted by molar-refractivity contribution is 6.32. The molecule has 3 aliphatic rings. The van der Waals surface area contributed by atoms with Crippen LogP contribution in [0, 0.1) is 12.7 Å². The Morgan fingerprint density at radius 2 is 1.80 bits per heavy atom. The van der Waals surface area contributed by atoms with Crippen molar-refractivity contribution in [3.63, 3.8) is 0 Å². The molecule has 2 bridgehead atoms. The Morgan fingerprint density at radius 3 is 2.52 bits per heavy atom. The summed E-state index contributed by atoms with van der Waals surface area (Å²) in [6, 6.07) is 20.1. The van der Waals surface area contributed by atoms with Gasteiger partial charge in [-0.3, -0.25) is 9.59 Å². The number of hydrogen-bond acceptors (Lipinski definition) is 5. The van der Waals surface area contributed by atoms with Crippen molar-refractivity contribution in [1.29, 1.82) is 0 Å². The van der Waals surface area contributed by atoms with Crippen LogP contribution >= 0.6 is 11.6 Å². The number of aryl methyl sites for hydroxylation is 1. The van der Waals surface area contributed by atoms with Crippen LogP contribution in [-0.4, -0.2) is 66.0 Å². The van der Waals surface area contributed by atoms with Gasteiger partial charge >= 0.3 is 0 Å². The first-order valence-corrected chi connectivity index (χ1v) is 15.5. The zero-order valence-corrected chi connectivity index (χ0v) is 25.8. The molecule has 1 N–H and O–H groups in total. The summed E-state index contributed by atoms with van der Waals surface area (Å²) < 4.78 is 25.0. The first kappa shape index (κ1) is 30.2. The number of benzene rings is 3. The van der Waals surface area contributed by atoms with Crippen LogP contribution in [0.2, 0.25) is 5.02 Å². The number of rotatable bonds is 10. The van der Waals surface area contributed by atoms with Crippen molar-refractivity contribution >= 4 is 29.0 Å². The van der Waals surface area contributed by atoms with Gasteiger partial charge in [0.1, 0.15) is 30.5 Å². The molecule has 0 unspecified atom stereocenters. The van der Waals surface area contributed by atoms with E-state index in [-0.39, 0.29) is 48.9 Å². The molecule has 3 aromatic rings. The van der Waals surface area contributed by atoms with Gasteiger partial charge < -0.3 is 24.6 Å². The van der Waals surface area contributed by atoms with E-state index in [4.69, 9.17) is 21.1 Å². The van der Waals surface area contributed by atoms with Crippen molar-refractivity contribution in [2.75, 3.05) is 26.3 Å². The largest absolute Gasteiger partial charge is 0.490 e. The molecule has 0 aromatic heterocycles. The predicted octanol–water partition coefficient (Wildman–Crippen LogP) is 5.78. The topological polar surface area (TPSA) is 71.1 Å². The molecule has 2 atom stereocenters. The van der Waals surface area contributed by atoms with Crippen molar-refractivity contribution in [2.24, 2.45) is 0 Å². The van der Waals surface area contributed by atoms with Gasteiger partial charge in [0.05, 0.1) is 11.1 Å². The van der Waals surface area contributed by atoms with Gasteiger partial charge in [0, 0.05) is 50.3 Å². The number of hydrogen-bond donors (Lipinski definition) is 1. The first-order valence-electron chi connectivity index (χ1n) is 15.2. The van der Waals surface area contributed by atoms with Crippen LogP contribution in [0.5, 0.6) is 11.5 Å². The van der Waals surface area contributed by atoms with Gasteiger partial charge in [0.25, 0.3) is 5.91 Å². The Bertz CT molecular complexity index is 1570. The second kappa shape index (κ2) is 13.0. The summed E-state index contributed by atoms with van der Waals surface area (Å²) in [5.74, 6) is 0.586. The Labute approximate surface area is 262 Å². The second-order valence-electron chi connectivity index (χ2n) is 11.9. The van der Waals surface area contributed by atoms with Gasteiger partial charge in [-0.2, -0.15) is 0 Å². The van der Waals surface area contributed by atoms with E-state index < -0.39 is 5.82 Å². The van der Waals surface area contributed by atoms with Crippen LogP contribution < -0.4 is 14.8 Å². The molecular formula is C35H37ClFN3O4. The summed E-state index contributed by atoms with van der Waals surface area (Å²) in [5, 5.41) is 3.99. The lowest BCUT2D eigenvalue weighted by Gasteiger charge is -2.44. The molecule has 7 nitrogen and oxygen atoms in total. The van der Waals surface area contributed by atoms with Gasteiger partial charge in [-0.1, -0.05) is 53.6 Å². The van der Waals surface area contributed by atoms with Crippen LogP contribution in [0.1, 0.15) is 42.9 Å². The highest BCUT2D eigenvalue weighted by Gasteiger charge is 2.43. The summed E-state index contributed by atoms with van der Waals surface area (Å²) in [4.78, 5) is 30.8. The molecule has 0 radical (unpaired) electrons. The molecule has 1 saturated carbocycles. The van der Waals surface area contributed by atoms with Gasteiger partial charge in [-0.05, 0) is 67.2 Å². The lowest BCUT2D eigenvalue weighted by molar-refractivity contribution is -0.132. The van der Waals surface area contributed by atoms with Gasteiger partial charge in [0.2, 0.25) is 5.91 Å². The van der Waals surface area contributed by atoms with Crippen LogP contribution in [0.25, 0.3) is 5.57 Å². The van der Waals surface area contributed by atoms with Crippen molar-refractivity contribution in [3.8, 4) is 11.5 Å². The fraction of sp³-hybridized carbons (Fsp3) is 0.371. The van der Waals surface area contributed by atoms with E-state index in [0.29, 0.717) is 36.8 Å². The Hall–Kier alpha value is -3.88. The zero-order valence-electron chi connectivity index (χ0n) is 25.0. The van der Waals surface area contributed by atoms with Gasteiger partial charge in [-0.25, -0.2) is 4.39 Å². The third-order valence-electron chi connectivity index (χ3n) is 8.47. The van der Waals surface area contributed by atoms with Gasteiger partial charge in [-0.15, -0.1) is 0 Å². The molecule has 2 heterocycles. The third-order valence-corrected chi connectivity index (χ3v) is 8.78. The number of nitrogens with one attached hydrogen (secondary N) is 1. The van der Waals surface area contributed by atoms with E-state index >= 15 is 0 Å². The molecule has 230 valence electrons. The van der Waals surface area contributed by atoms with E-state index in [2.05, 4.69) is 30.4 Å². The fourth-order valence-electron chi connectivity index (χ4n) is 6.19. The molecule has 1 saturated heterocycles. The van der Waals surface area contributed by atoms with Gasteiger partial charge in [0.15, 0.2) is 0 Å². The maximum absolute atomic E-state index is 14.5. The van der Waals surface area contributed by atoms with Crippen molar-refractivity contribution in [3.05, 3.63) is 99.8 Å². The highest BCUT2D eigenvalue weighted by Crippen LogP contribution is 2.38. The lowest BCUT2D eigenvalue weighted by Crippen LogP contribution is -2.61. The minimum absolute atomic E-state index is 0.0284. The number of fused-ring (bicyclic) bond motifs is 2. The Morgan fingerprint density at radius 1 is 1.02 bits per heavy atom. The molecular weight excluding hydrogens is 581 g/mol. The standard InChI is InChI=1S/C35H37ClFN3O4/c1-22-4-3-5-24(16-22)19-40(28-9-10-28)35(42)34-30(18-27-20-39(23(2)41)21-32(34)38-27)25-6-11-29(12-7-25)43-14-15-44-33-17-26(37)8-13-31(33)36/h3-8,11-13,16-17,27-28,32,38H,9-10,14-15,18-21H2,1-2H3/t27-,32-/m1/s1. The Balaban J connectivity index is 1.23. The van der Waals surface area contributed by atoms with Crippen molar-refractivity contribution in [1.82, 2.24) is 15.1 Å². The highest BCUT2D eigenvalue weighted by atomic mass is 35.5. The minimum atomic E-state index is -0.417. The average molecular weight is 618 g/mol.